The topological polar surface area (TPSA) is 96.0 Å². The van der Waals surface area contributed by atoms with E-state index in [2.05, 4.69) is 5.32 Å². The van der Waals surface area contributed by atoms with Crippen LogP contribution in [0.1, 0.15) is 30.9 Å². The highest BCUT2D eigenvalue weighted by molar-refractivity contribution is 7.92. The highest BCUT2D eigenvalue weighted by Crippen LogP contribution is 2.30. The van der Waals surface area contributed by atoms with Gasteiger partial charge in [-0.1, -0.05) is 54.1 Å². The number of ether oxygens (including phenoxy) is 1. The fraction of sp³-hybridized carbons (Fsp3) is 0.333. The number of carbonyl (C=O) groups excluding carboxylic acids is 2. The van der Waals surface area contributed by atoms with Crippen molar-refractivity contribution >= 4 is 39.1 Å². The molecular formula is C30H35ClFN3O5S. The third-order valence-corrected chi connectivity index (χ3v) is 7.95. The van der Waals surface area contributed by atoms with Crippen LogP contribution < -0.4 is 14.4 Å². The lowest BCUT2D eigenvalue weighted by Crippen LogP contribution is -2.50. The molecule has 0 aromatic heterocycles. The van der Waals surface area contributed by atoms with Crippen LogP contribution in [0, 0.1) is 5.82 Å². The van der Waals surface area contributed by atoms with Crippen molar-refractivity contribution in [3.63, 3.8) is 0 Å². The van der Waals surface area contributed by atoms with E-state index in [1.165, 1.54) is 34.5 Å². The zero-order chi connectivity index (χ0) is 30.0. The van der Waals surface area contributed by atoms with Gasteiger partial charge in [-0.05, 0) is 54.8 Å². The molecule has 1 atom stereocenters. The Labute approximate surface area is 246 Å². The molecule has 2 amide bonds. The molecule has 0 saturated carbocycles. The molecule has 3 aromatic rings. The van der Waals surface area contributed by atoms with E-state index in [1.54, 1.807) is 31.2 Å². The molecule has 3 aromatic carbocycles. The van der Waals surface area contributed by atoms with Crippen molar-refractivity contribution in [3.8, 4) is 5.75 Å². The maximum Gasteiger partial charge on any atom is 0.243 e. The number of nitrogens with one attached hydrogen (secondary N) is 1. The van der Waals surface area contributed by atoms with Gasteiger partial charge in [-0.15, -0.1) is 0 Å². The van der Waals surface area contributed by atoms with Crippen LogP contribution in [0.3, 0.4) is 0 Å². The number of sulfonamides is 1. The lowest BCUT2D eigenvalue weighted by atomic mass is 10.0. The van der Waals surface area contributed by atoms with Crippen molar-refractivity contribution in [2.75, 3.05) is 30.8 Å². The number of amides is 2. The Morgan fingerprint density at radius 3 is 2.29 bits per heavy atom. The average molecular weight is 604 g/mol. The number of benzene rings is 3. The van der Waals surface area contributed by atoms with E-state index in [9.17, 15) is 22.4 Å². The molecule has 0 saturated heterocycles. The second-order valence-corrected chi connectivity index (χ2v) is 11.8. The van der Waals surface area contributed by atoms with Crippen LogP contribution in [0.15, 0.2) is 72.8 Å². The maximum atomic E-state index is 13.7. The summed E-state index contributed by atoms with van der Waals surface area (Å²) in [6.07, 6.45) is 1.52. The number of likely N-dealkylation sites (N-methyl/N-ethyl adjacent to an activating group) is 1. The molecule has 0 unspecified atom stereocenters. The SMILES string of the molecule is CCNC(=O)[C@@H](Cc1ccccc1)N(Cc1ccc(F)cc1)C(=O)CCCN(c1ccc(OC)c(Cl)c1)S(C)(=O)=O. The lowest BCUT2D eigenvalue weighted by molar-refractivity contribution is -0.141. The Kier molecular flexibility index (Phi) is 11.5. The number of anilines is 1. The first-order valence-corrected chi connectivity index (χ1v) is 15.4. The van der Waals surface area contributed by atoms with Crippen molar-refractivity contribution in [2.24, 2.45) is 0 Å². The van der Waals surface area contributed by atoms with E-state index in [0.29, 0.717) is 23.5 Å². The molecule has 0 fully saturated rings. The molecule has 0 bridgehead atoms. The highest BCUT2D eigenvalue weighted by Gasteiger charge is 2.30. The standard InChI is InChI=1S/C30H35ClFN3O5S/c1-4-33-30(37)27(19-22-9-6-5-7-10-22)34(21-23-12-14-24(32)15-13-23)29(36)11-8-18-35(41(3,38)39)25-16-17-28(40-2)26(31)20-25/h5-7,9-10,12-17,20,27H,4,8,11,18-19,21H2,1-3H3,(H,33,37)/t27-/m1/s1. The highest BCUT2D eigenvalue weighted by atomic mass is 35.5. The van der Waals surface area contributed by atoms with Crippen molar-refractivity contribution in [1.29, 1.82) is 0 Å². The number of methoxy groups -OCH3 is 1. The monoisotopic (exact) mass is 603 g/mol. The third-order valence-electron chi connectivity index (χ3n) is 6.46. The molecule has 0 heterocycles. The second-order valence-electron chi connectivity index (χ2n) is 9.51. The summed E-state index contributed by atoms with van der Waals surface area (Å²) in [6, 6.07) is 19.0. The van der Waals surface area contributed by atoms with Gasteiger partial charge in [0.25, 0.3) is 0 Å². The van der Waals surface area contributed by atoms with Gasteiger partial charge in [0.2, 0.25) is 21.8 Å². The molecule has 0 aliphatic heterocycles. The van der Waals surface area contributed by atoms with E-state index in [1.807, 2.05) is 30.3 Å². The quantitative estimate of drug-likeness (QED) is 0.285. The van der Waals surface area contributed by atoms with Crippen LogP contribution >= 0.6 is 11.6 Å². The third kappa shape index (κ3) is 9.19. The molecule has 41 heavy (non-hydrogen) atoms. The molecule has 3 rings (SSSR count). The fourth-order valence-corrected chi connectivity index (χ4v) is 5.66. The van der Waals surface area contributed by atoms with Gasteiger partial charge in [0.1, 0.15) is 17.6 Å². The maximum absolute atomic E-state index is 13.7. The molecule has 11 heteroatoms. The largest absolute Gasteiger partial charge is 0.495 e. The summed E-state index contributed by atoms with van der Waals surface area (Å²) in [4.78, 5) is 28.5. The molecule has 0 aliphatic rings. The van der Waals surface area contributed by atoms with Crippen molar-refractivity contribution in [1.82, 2.24) is 10.2 Å². The zero-order valence-electron chi connectivity index (χ0n) is 23.3. The Morgan fingerprint density at radius 2 is 1.71 bits per heavy atom. The summed E-state index contributed by atoms with van der Waals surface area (Å²) >= 11 is 6.22. The van der Waals surface area contributed by atoms with E-state index in [0.717, 1.165) is 11.8 Å². The number of hydrogen-bond acceptors (Lipinski definition) is 5. The molecule has 220 valence electrons. The zero-order valence-corrected chi connectivity index (χ0v) is 24.9. The minimum atomic E-state index is -3.69. The number of carbonyl (C=O) groups is 2. The summed E-state index contributed by atoms with van der Waals surface area (Å²) in [5, 5.41) is 3.08. The van der Waals surface area contributed by atoms with Crippen LogP contribution in [0.2, 0.25) is 5.02 Å². The number of halogens is 2. The summed E-state index contributed by atoms with van der Waals surface area (Å²) in [5.41, 5.74) is 1.88. The van der Waals surface area contributed by atoms with Crippen LogP contribution in [-0.4, -0.2) is 57.6 Å². The van der Waals surface area contributed by atoms with Gasteiger partial charge in [-0.2, -0.15) is 0 Å². The summed E-state index contributed by atoms with van der Waals surface area (Å²) < 4.78 is 45.2. The predicted octanol–water partition coefficient (Wildman–Crippen LogP) is 4.81. The molecule has 1 N–H and O–H groups in total. The summed E-state index contributed by atoms with van der Waals surface area (Å²) in [6.45, 7) is 2.28. The summed E-state index contributed by atoms with van der Waals surface area (Å²) in [7, 11) is -2.23. The fourth-order valence-electron chi connectivity index (χ4n) is 4.45. The van der Waals surface area contributed by atoms with E-state index in [4.69, 9.17) is 16.3 Å². The Morgan fingerprint density at radius 1 is 1.02 bits per heavy atom. The minimum Gasteiger partial charge on any atom is -0.495 e. The first-order valence-electron chi connectivity index (χ1n) is 13.2. The minimum absolute atomic E-state index is 0.0160. The summed E-state index contributed by atoms with van der Waals surface area (Å²) in [5.74, 6) is -0.638. The van der Waals surface area contributed by atoms with Crippen LogP contribution in [-0.2, 0) is 32.6 Å². The van der Waals surface area contributed by atoms with E-state index in [-0.39, 0.29) is 49.2 Å². The molecular weight excluding hydrogens is 569 g/mol. The van der Waals surface area contributed by atoms with Crippen molar-refractivity contribution in [2.45, 2.75) is 38.8 Å². The van der Waals surface area contributed by atoms with Gasteiger partial charge in [0.05, 0.1) is 24.1 Å². The molecule has 0 aliphatic carbocycles. The Balaban J connectivity index is 1.86. The normalized spacial score (nSPS) is 11.9. The van der Waals surface area contributed by atoms with E-state index >= 15 is 0 Å². The number of hydrogen-bond donors (Lipinski definition) is 1. The van der Waals surface area contributed by atoms with Crippen molar-refractivity contribution < 1.29 is 27.1 Å². The Hall–Kier alpha value is -3.63. The van der Waals surface area contributed by atoms with Gasteiger partial charge < -0.3 is 15.0 Å². The second kappa shape index (κ2) is 14.8. The lowest BCUT2D eigenvalue weighted by Gasteiger charge is -2.32. The smallest absolute Gasteiger partial charge is 0.243 e. The first-order chi connectivity index (χ1) is 19.5. The number of nitrogens with zero attached hydrogens (tertiary/aromatic N) is 2. The first kappa shape index (κ1) is 31.9. The van der Waals surface area contributed by atoms with E-state index < -0.39 is 21.9 Å². The molecule has 0 radical (unpaired) electrons. The average Bonchev–Trinajstić information content (AvgIpc) is 2.94. The predicted molar refractivity (Wildman–Crippen MR) is 159 cm³/mol. The van der Waals surface area contributed by atoms with Gasteiger partial charge in [0.15, 0.2) is 0 Å². The van der Waals surface area contributed by atoms with Gasteiger partial charge in [-0.25, -0.2) is 12.8 Å². The van der Waals surface area contributed by atoms with Gasteiger partial charge in [0, 0.05) is 32.5 Å². The Bertz CT molecular complexity index is 1420. The van der Waals surface area contributed by atoms with Gasteiger partial charge >= 0.3 is 0 Å². The van der Waals surface area contributed by atoms with Crippen LogP contribution in [0.4, 0.5) is 10.1 Å². The van der Waals surface area contributed by atoms with Gasteiger partial charge in [-0.3, -0.25) is 13.9 Å². The molecule has 0 spiro atoms. The van der Waals surface area contributed by atoms with Crippen LogP contribution in [0.25, 0.3) is 0 Å². The number of rotatable bonds is 14. The van der Waals surface area contributed by atoms with Crippen LogP contribution in [0.5, 0.6) is 5.75 Å². The van der Waals surface area contributed by atoms with Crippen molar-refractivity contribution in [3.05, 3.63) is 94.8 Å². The molecule has 8 nitrogen and oxygen atoms in total.